The van der Waals surface area contributed by atoms with Gasteiger partial charge >= 0.3 is 0 Å². The molecule has 1 aromatic heterocycles. The highest BCUT2D eigenvalue weighted by Crippen LogP contribution is 2.25. The maximum Gasteiger partial charge on any atom is 0.293 e. The van der Waals surface area contributed by atoms with Crippen LogP contribution >= 0.6 is 0 Å². The second-order valence-electron chi connectivity index (χ2n) is 4.71. The predicted octanol–water partition coefficient (Wildman–Crippen LogP) is 2.05. The van der Waals surface area contributed by atoms with Gasteiger partial charge in [-0.05, 0) is 38.0 Å². The van der Waals surface area contributed by atoms with E-state index in [-0.39, 0.29) is 5.69 Å². The van der Waals surface area contributed by atoms with Gasteiger partial charge in [0.15, 0.2) is 0 Å². The monoisotopic (exact) mass is 275 g/mol. The lowest BCUT2D eigenvalue weighted by Gasteiger charge is -2.08. The Bertz CT molecular complexity index is 663. The fourth-order valence-corrected chi connectivity index (χ4v) is 2.07. The van der Waals surface area contributed by atoms with Gasteiger partial charge in [0.05, 0.1) is 17.2 Å². The molecule has 0 atom stereocenters. The summed E-state index contributed by atoms with van der Waals surface area (Å²) in [6.45, 7) is 6.54. The van der Waals surface area contributed by atoms with Gasteiger partial charge in [-0.1, -0.05) is 6.07 Å². The zero-order valence-corrected chi connectivity index (χ0v) is 11.7. The Labute approximate surface area is 116 Å². The third kappa shape index (κ3) is 2.48. The first-order valence-corrected chi connectivity index (χ1v) is 6.18. The van der Waals surface area contributed by atoms with Crippen LogP contribution in [0.1, 0.15) is 22.5 Å². The van der Waals surface area contributed by atoms with E-state index in [9.17, 15) is 10.1 Å². The van der Waals surface area contributed by atoms with Crippen molar-refractivity contribution in [2.24, 2.45) is 5.84 Å². The van der Waals surface area contributed by atoms with Crippen molar-refractivity contribution < 1.29 is 4.92 Å². The number of hydrazine groups is 1. The lowest BCUT2D eigenvalue weighted by Crippen LogP contribution is -2.10. The minimum Gasteiger partial charge on any atom is -0.318 e. The summed E-state index contributed by atoms with van der Waals surface area (Å²) in [5.41, 5.74) is 6.75. The Balaban J connectivity index is 2.34. The van der Waals surface area contributed by atoms with E-state index in [1.807, 2.05) is 25.5 Å². The van der Waals surface area contributed by atoms with E-state index < -0.39 is 4.92 Å². The average molecular weight is 275 g/mol. The van der Waals surface area contributed by atoms with Crippen LogP contribution in [0.15, 0.2) is 18.2 Å². The van der Waals surface area contributed by atoms with Gasteiger partial charge in [0.1, 0.15) is 5.69 Å². The van der Waals surface area contributed by atoms with Crippen LogP contribution in [0.4, 0.5) is 11.4 Å². The van der Waals surface area contributed by atoms with Crippen LogP contribution < -0.4 is 11.3 Å². The molecule has 3 N–H and O–H groups in total. The van der Waals surface area contributed by atoms with Crippen LogP contribution in [0.5, 0.6) is 0 Å². The predicted molar refractivity (Wildman–Crippen MR) is 76.4 cm³/mol. The molecule has 0 fully saturated rings. The van der Waals surface area contributed by atoms with Crippen LogP contribution in [0.2, 0.25) is 0 Å². The summed E-state index contributed by atoms with van der Waals surface area (Å²) >= 11 is 0. The molecule has 0 unspecified atom stereocenters. The first-order valence-electron chi connectivity index (χ1n) is 6.18. The molecule has 7 nitrogen and oxygen atoms in total. The average Bonchev–Trinajstić information content (AvgIpc) is 2.66. The summed E-state index contributed by atoms with van der Waals surface area (Å²) in [5, 5.41) is 15.3. The molecule has 0 amide bonds. The normalized spacial score (nSPS) is 10.6. The molecule has 106 valence electrons. The number of nitrogens with one attached hydrogen (secondary N) is 1. The highest BCUT2D eigenvalue weighted by molar-refractivity contribution is 5.62. The molecule has 0 saturated carbocycles. The first kappa shape index (κ1) is 14.0. The van der Waals surface area contributed by atoms with E-state index in [1.165, 1.54) is 6.07 Å². The van der Waals surface area contributed by atoms with Gasteiger partial charge < -0.3 is 5.43 Å². The minimum absolute atomic E-state index is 0.0409. The SMILES string of the molecule is Cc1nn(Cc2ccc([N+](=O)[O-])c(NN)c2)c(C)c1C. The number of nitrogens with zero attached hydrogens (tertiary/aromatic N) is 3. The van der Waals surface area contributed by atoms with Gasteiger partial charge in [-0.2, -0.15) is 5.10 Å². The maximum absolute atomic E-state index is 10.8. The number of rotatable bonds is 4. The van der Waals surface area contributed by atoms with Gasteiger partial charge in [0.25, 0.3) is 5.69 Å². The molecule has 0 saturated heterocycles. The highest BCUT2D eigenvalue weighted by atomic mass is 16.6. The largest absolute Gasteiger partial charge is 0.318 e. The molecular weight excluding hydrogens is 258 g/mol. The summed E-state index contributed by atoms with van der Waals surface area (Å²) in [7, 11) is 0. The van der Waals surface area contributed by atoms with Crippen molar-refractivity contribution in [1.29, 1.82) is 0 Å². The van der Waals surface area contributed by atoms with E-state index in [0.29, 0.717) is 12.2 Å². The van der Waals surface area contributed by atoms with Gasteiger partial charge in [0, 0.05) is 11.8 Å². The molecule has 1 heterocycles. The Kier molecular flexibility index (Phi) is 3.71. The number of nitro groups is 1. The zero-order chi connectivity index (χ0) is 14.9. The summed E-state index contributed by atoms with van der Waals surface area (Å²) in [5.74, 6) is 5.33. The Hall–Kier alpha value is -2.41. The molecule has 0 aliphatic carbocycles. The molecule has 1 aromatic carbocycles. The quantitative estimate of drug-likeness (QED) is 0.505. The molecule has 0 radical (unpaired) electrons. The van der Waals surface area contributed by atoms with Crippen LogP contribution in [0.3, 0.4) is 0 Å². The van der Waals surface area contributed by atoms with Crippen molar-refractivity contribution in [2.45, 2.75) is 27.3 Å². The van der Waals surface area contributed by atoms with Gasteiger partial charge in [-0.25, -0.2) is 0 Å². The van der Waals surface area contributed by atoms with Crippen LogP contribution in [-0.2, 0) is 6.54 Å². The van der Waals surface area contributed by atoms with Crippen molar-refractivity contribution in [3.05, 3.63) is 50.8 Å². The molecule has 2 rings (SSSR count). The topological polar surface area (TPSA) is 99.0 Å². The molecule has 0 aliphatic heterocycles. The molecule has 7 heteroatoms. The van der Waals surface area contributed by atoms with Crippen molar-refractivity contribution in [1.82, 2.24) is 9.78 Å². The van der Waals surface area contributed by atoms with Crippen LogP contribution in [-0.4, -0.2) is 14.7 Å². The smallest absolute Gasteiger partial charge is 0.293 e. The molecule has 2 aromatic rings. The van der Waals surface area contributed by atoms with Crippen LogP contribution in [0, 0.1) is 30.9 Å². The fourth-order valence-electron chi connectivity index (χ4n) is 2.07. The minimum atomic E-state index is -0.466. The summed E-state index contributed by atoms with van der Waals surface area (Å²) in [4.78, 5) is 10.4. The van der Waals surface area contributed by atoms with Gasteiger partial charge in [-0.3, -0.25) is 20.6 Å². The van der Waals surface area contributed by atoms with Crippen LogP contribution in [0.25, 0.3) is 0 Å². The van der Waals surface area contributed by atoms with E-state index >= 15 is 0 Å². The fraction of sp³-hybridized carbons (Fsp3) is 0.308. The molecule has 20 heavy (non-hydrogen) atoms. The third-order valence-corrected chi connectivity index (χ3v) is 3.49. The van der Waals surface area contributed by atoms with Crippen molar-refractivity contribution in [2.75, 3.05) is 5.43 Å². The lowest BCUT2D eigenvalue weighted by atomic mass is 10.1. The number of nitrogen functional groups attached to an aromatic ring is 1. The number of benzene rings is 1. The third-order valence-electron chi connectivity index (χ3n) is 3.49. The van der Waals surface area contributed by atoms with E-state index in [4.69, 9.17) is 5.84 Å². The second-order valence-corrected chi connectivity index (χ2v) is 4.71. The lowest BCUT2D eigenvalue weighted by molar-refractivity contribution is -0.384. The van der Waals surface area contributed by atoms with E-state index in [0.717, 1.165) is 22.5 Å². The molecule has 0 spiro atoms. The Morgan fingerprint density at radius 2 is 2.10 bits per heavy atom. The Morgan fingerprint density at radius 1 is 1.40 bits per heavy atom. The van der Waals surface area contributed by atoms with Crippen molar-refractivity contribution >= 4 is 11.4 Å². The zero-order valence-electron chi connectivity index (χ0n) is 11.7. The van der Waals surface area contributed by atoms with Crippen molar-refractivity contribution in [3.8, 4) is 0 Å². The maximum atomic E-state index is 10.8. The number of aryl methyl sites for hydroxylation is 1. The number of hydrogen-bond acceptors (Lipinski definition) is 5. The summed E-state index contributed by atoms with van der Waals surface area (Å²) in [6.07, 6.45) is 0. The van der Waals surface area contributed by atoms with Crippen molar-refractivity contribution in [3.63, 3.8) is 0 Å². The highest BCUT2D eigenvalue weighted by Gasteiger charge is 2.14. The summed E-state index contributed by atoms with van der Waals surface area (Å²) in [6, 6.07) is 4.83. The number of hydrogen-bond donors (Lipinski definition) is 2. The van der Waals surface area contributed by atoms with Gasteiger partial charge in [-0.15, -0.1) is 0 Å². The second kappa shape index (κ2) is 5.30. The summed E-state index contributed by atoms with van der Waals surface area (Å²) < 4.78 is 1.88. The molecular formula is C13H17N5O2. The number of nitrogens with two attached hydrogens (primary N) is 1. The van der Waals surface area contributed by atoms with E-state index in [1.54, 1.807) is 12.1 Å². The standard InChI is InChI=1S/C13H17N5O2/c1-8-9(2)16-17(10(8)3)7-11-4-5-13(18(19)20)12(6-11)15-14/h4-6,15H,7,14H2,1-3H3. The van der Waals surface area contributed by atoms with E-state index in [2.05, 4.69) is 10.5 Å². The number of nitro benzene ring substituents is 1. The first-order chi connectivity index (χ1) is 9.43. The Morgan fingerprint density at radius 3 is 2.60 bits per heavy atom. The number of aromatic nitrogens is 2. The number of anilines is 1. The molecule has 0 bridgehead atoms. The molecule has 0 aliphatic rings. The van der Waals surface area contributed by atoms with Gasteiger partial charge in [0.2, 0.25) is 0 Å².